The van der Waals surface area contributed by atoms with Gasteiger partial charge in [-0.1, -0.05) is 56.7 Å². The van der Waals surface area contributed by atoms with E-state index in [9.17, 15) is 0 Å². The summed E-state index contributed by atoms with van der Waals surface area (Å²) < 4.78 is 0. The van der Waals surface area contributed by atoms with Gasteiger partial charge in [0.15, 0.2) is 0 Å². The zero-order valence-corrected chi connectivity index (χ0v) is 13.3. The quantitative estimate of drug-likeness (QED) is 0.723. The van der Waals surface area contributed by atoms with Gasteiger partial charge < -0.3 is 0 Å². The van der Waals surface area contributed by atoms with Crippen LogP contribution in [0.1, 0.15) is 51.2 Å². The Hall–Kier alpha value is -1.08. The molecule has 1 heteroatoms. The first-order chi connectivity index (χ1) is 9.43. The first-order valence-corrected chi connectivity index (χ1v) is 7.94. The average molecular weight is 269 g/mol. The Labute approximate surface area is 123 Å². The number of benzene rings is 1. The molecular weight excluding hydrogens is 242 g/mol. The second-order valence-electron chi connectivity index (χ2n) is 7.62. The molecule has 0 amide bonds. The Morgan fingerprint density at radius 3 is 2.40 bits per heavy atom. The summed E-state index contributed by atoms with van der Waals surface area (Å²) in [6.07, 6.45) is 7.68. The predicted molar refractivity (Wildman–Crippen MR) is 86.1 cm³/mol. The molecule has 0 aromatic heterocycles. The molecule has 0 aliphatic carbocycles. The van der Waals surface area contributed by atoms with E-state index in [0.29, 0.717) is 6.04 Å². The first-order valence-electron chi connectivity index (χ1n) is 7.94. The highest BCUT2D eigenvalue weighted by Gasteiger charge is 2.33. The van der Waals surface area contributed by atoms with Gasteiger partial charge in [0.1, 0.15) is 0 Å². The van der Waals surface area contributed by atoms with Crippen LogP contribution in [0.5, 0.6) is 0 Å². The minimum Gasteiger partial charge on any atom is -0.297 e. The summed E-state index contributed by atoms with van der Waals surface area (Å²) in [6.45, 7) is 6.83. The van der Waals surface area contributed by atoms with Crippen molar-refractivity contribution < 1.29 is 0 Å². The van der Waals surface area contributed by atoms with Crippen LogP contribution < -0.4 is 0 Å². The molecule has 0 saturated carbocycles. The number of nitrogens with zero attached hydrogens (tertiary/aromatic N) is 1. The second-order valence-corrected chi connectivity index (χ2v) is 7.62. The van der Waals surface area contributed by atoms with Crippen LogP contribution in [0.25, 0.3) is 0 Å². The highest BCUT2D eigenvalue weighted by molar-refractivity contribution is 5.31. The van der Waals surface area contributed by atoms with Gasteiger partial charge >= 0.3 is 0 Å². The third kappa shape index (κ3) is 2.69. The number of rotatable bonds is 2. The van der Waals surface area contributed by atoms with E-state index in [1.807, 2.05) is 0 Å². The number of hydrogen-bond acceptors (Lipinski definition) is 1. The molecule has 1 nitrogen and oxygen atoms in total. The van der Waals surface area contributed by atoms with Crippen molar-refractivity contribution in [2.24, 2.45) is 0 Å². The fourth-order valence-electron chi connectivity index (χ4n) is 3.65. The van der Waals surface area contributed by atoms with E-state index >= 15 is 0 Å². The Morgan fingerprint density at radius 2 is 1.80 bits per heavy atom. The number of likely N-dealkylation sites (N-methyl/N-ethyl adjacent to an activating group) is 1. The van der Waals surface area contributed by atoms with Gasteiger partial charge in [-0.05, 0) is 49.3 Å². The Balaban J connectivity index is 1.71. The standard InChI is InChI=1S/C19H27N/c1-19(2,3)16-7-5-14(6-8-16)11-15-12-17-9-10-18(13-15)20(17)4/h5-8,12,17-18H,9-11,13H2,1-4H3. The van der Waals surface area contributed by atoms with Crippen LogP contribution in [0.4, 0.5) is 0 Å². The van der Waals surface area contributed by atoms with Gasteiger partial charge in [0.05, 0.1) is 0 Å². The van der Waals surface area contributed by atoms with E-state index in [1.54, 1.807) is 5.57 Å². The van der Waals surface area contributed by atoms with Crippen LogP contribution in [0, 0.1) is 0 Å². The van der Waals surface area contributed by atoms with E-state index in [1.165, 1.54) is 30.4 Å². The molecule has 2 heterocycles. The number of hydrogen-bond donors (Lipinski definition) is 0. The fraction of sp³-hybridized carbons (Fsp3) is 0.579. The SMILES string of the molecule is CN1C2C=C(Cc3ccc(C(C)(C)C)cc3)CC1CC2. The lowest BCUT2D eigenvalue weighted by Gasteiger charge is -2.30. The average Bonchev–Trinajstić information content (AvgIpc) is 2.62. The minimum atomic E-state index is 0.254. The van der Waals surface area contributed by atoms with Crippen LogP contribution in [-0.2, 0) is 11.8 Å². The molecule has 2 atom stereocenters. The molecular formula is C19H27N. The van der Waals surface area contributed by atoms with Crippen molar-refractivity contribution in [3.05, 3.63) is 47.0 Å². The molecule has 1 aromatic rings. The summed E-state index contributed by atoms with van der Waals surface area (Å²) in [5, 5.41) is 0. The molecule has 2 bridgehead atoms. The third-order valence-corrected chi connectivity index (χ3v) is 5.07. The van der Waals surface area contributed by atoms with Gasteiger partial charge in [-0.2, -0.15) is 0 Å². The van der Waals surface area contributed by atoms with E-state index in [4.69, 9.17) is 0 Å². The maximum absolute atomic E-state index is 2.56. The van der Waals surface area contributed by atoms with Gasteiger partial charge in [0.2, 0.25) is 0 Å². The molecule has 108 valence electrons. The van der Waals surface area contributed by atoms with Gasteiger partial charge in [-0.15, -0.1) is 0 Å². The van der Waals surface area contributed by atoms with Crippen LogP contribution in [0.15, 0.2) is 35.9 Å². The summed E-state index contributed by atoms with van der Waals surface area (Å²) >= 11 is 0. The number of fused-ring (bicyclic) bond motifs is 2. The Morgan fingerprint density at radius 1 is 1.10 bits per heavy atom. The normalized spacial score (nSPS) is 26.7. The summed E-state index contributed by atoms with van der Waals surface area (Å²) in [7, 11) is 2.29. The smallest absolute Gasteiger partial charge is 0.0281 e. The van der Waals surface area contributed by atoms with Crippen molar-refractivity contribution in [2.75, 3.05) is 7.05 Å². The largest absolute Gasteiger partial charge is 0.297 e. The zero-order chi connectivity index (χ0) is 14.3. The van der Waals surface area contributed by atoms with Crippen molar-refractivity contribution in [1.82, 2.24) is 4.90 Å². The maximum atomic E-state index is 2.56. The molecule has 2 unspecified atom stereocenters. The van der Waals surface area contributed by atoms with E-state index in [-0.39, 0.29) is 5.41 Å². The topological polar surface area (TPSA) is 3.24 Å². The molecule has 2 aliphatic heterocycles. The molecule has 1 aromatic carbocycles. The molecule has 20 heavy (non-hydrogen) atoms. The molecule has 1 fully saturated rings. The van der Waals surface area contributed by atoms with Crippen LogP contribution in [0.3, 0.4) is 0 Å². The second kappa shape index (κ2) is 5.04. The van der Waals surface area contributed by atoms with Crippen molar-refractivity contribution in [3.8, 4) is 0 Å². The molecule has 3 rings (SSSR count). The van der Waals surface area contributed by atoms with Gasteiger partial charge in [0.25, 0.3) is 0 Å². The highest BCUT2D eigenvalue weighted by atomic mass is 15.2. The van der Waals surface area contributed by atoms with E-state index in [0.717, 1.165) is 12.5 Å². The van der Waals surface area contributed by atoms with Gasteiger partial charge in [-0.25, -0.2) is 0 Å². The highest BCUT2D eigenvalue weighted by Crippen LogP contribution is 2.34. The summed E-state index contributed by atoms with van der Waals surface area (Å²) in [5.74, 6) is 0. The van der Waals surface area contributed by atoms with Gasteiger partial charge in [-0.3, -0.25) is 4.90 Å². The lowest BCUT2D eigenvalue weighted by atomic mass is 9.86. The lowest BCUT2D eigenvalue weighted by molar-refractivity contribution is 0.253. The summed E-state index contributed by atoms with van der Waals surface area (Å²) in [5.41, 5.74) is 4.80. The van der Waals surface area contributed by atoms with Crippen LogP contribution in [0.2, 0.25) is 0 Å². The van der Waals surface area contributed by atoms with E-state index in [2.05, 4.69) is 63.1 Å². The van der Waals surface area contributed by atoms with Gasteiger partial charge in [0, 0.05) is 12.1 Å². The maximum Gasteiger partial charge on any atom is 0.0281 e. The summed E-state index contributed by atoms with van der Waals surface area (Å²) in [6, 6.07) is 10.8. The van der Waals surface area contributed by atoms with Crippen molar-refractivity contribution in [3.63, 3.8) is 0 Å². The Bertz CT molecular complexity index is 504. The minimum absolute atomic E-state index is 0.254. The molecule has 1 saturated heterocycles. The zero-order valence-electron chi connectivity index (χ0n) is 13.3. The van der Waals surface area contributed by atoms with Crippen LogP contribution >= 0.6 is 0 Å². The predicted octanol–water partition coefficient (Wildman–Crippen LogP) is 4.32. The molecule has 0 N–H and O–H groups in total. The fourth-order valence-corrected chi connectivity index (χ4v) is 3.65. The lowest BCUT2D eigenvalue weighted by Crippen LogP contribution is -2.35. The van der Waals surface area contributed by atoms with Crippen molar-refractivity contribution >= 4 is 0 Å². The Kier molecular flexibility index (Phi) is 3.50. The summed E-state index contributed by atoms with van der Waals surface area (Å²) in [4.78, 5) is 2.56. The van der Waals surface area contributed by atoms with Crippen molar-refractivity contribution in [2.45, 2.75) is 64.0 Å². The molecule has 0 spiro atoms. The van der Waals surface area contributed by atoms with Crippen LogP contribution in [-0.4, -0.2) is 24.0 Å². The first kappa shape index (κ1) is 13.9. The van der Waals surface area contributed by atoms with E-state index < -0.39 is 0 Å². The molecule has 2 aliphatic rings. The van der Waals surface area contributed by atoms with Crippen molar-refractivity contribution in [1.29, 1.82) is 0 Å². The third-order valence-electron chi connectivity index (χ3n) is 5.07. The molecule has 0 radical (unpaired) electrons. The monoisotopic (exact) mass is 269 g/mol.